The predicted molar refractivity (Wildman–Crippen MR) is 56.8 cm³/mol. The van der Waals surface area contributed by atoms with Gasteiger partial charge >= 0.3 is 0 Å². The van der Waals surface area contributed by atoms with Gasteiger partial charge in [-0.3, -0.25) is 0 Å². The summed E-state index contributed by atoms with van der Waals surface area (Å²) in [4.78, 5) is 0. The minimum absolute atomic E-state index is 0.278. The minimum atomic E-state index is -0.341. The van der Waals surface area contributed by atoms with Gasteiger partial charge in [-0.2, -0.15) is 0 Å². The molecular weight excluding hydrogens is 225 g/mol. The molecule has 1 aromatic rings. The van der Waals surface area contributed by atoms with Crippen LogP contribution in [-0.4, -0.2) is 28.0 Å². The third-order valence-corrected chi connectivity index (χ3v) is 2.06. The van der Waals surface area contributed by atoms with Crippen molar-refractivity contribution in [2.24, 2.45) is 0 Å². The van der Waals surface area contributed by atoms with E-state index < -0.39 is 0 Å². The molecule has 1 rings (SSSR count). The number of nitrogens with zero attached hydrogens (tertiary/aromatic N) is 2. The van der Waals surface area contributed by atoms with E-state index in [1.54, 1.807) is 13.0 Å². The van der Waals surface area contributed by atoms with E-state index in [2.05, 4.69) is 15.5 Å². The topological polar surface area (TPSA) is 58.0 Å². The molecule has 0 aliphatic rings. The van der Waals surface area contributed by atoms with Crippen molar-refractivity contribution in [2.75, 3.05) is 11.9 Å². The number of aliphatic hydroxyl groups excluding tert-OH is 1. The molecule has 0 aliphatic heterocycles. The molecule has 1 atom stereocenters. The van der Waals surface area contributed by atoms with Gasteiger partial charge in [0.15, 0.2) is 10.3 Å². The highest BCUT2D eigenvalue weighted by Gasteiger charge is 2.03. The lowest BCUT2D eigenvalue weighted by Crippen LogP contribution is -2.10. The van der Waals surface area contributed by atoms with E-state index in [0.29, 0.717) is 18.7 Å². The lowest BCUT2D eigenvalue weighted by Gasteiger charge is -2.08. The number of hydrogen-bond acceptors (Lipinski definition) is 4. The third-order valence-electron chi connectivity index (χ3n) is 1.60. The van der Waals surface area contributed by atoms with Gasteiger partial charge in [-0.05, 0) is 13.3 Å². The van der Waals surface area contributed by atoms with E-state index >= 15 is 0 Å². The van der Waals surface area contributed by atoms with E-state index in [0.717, 1.165) is 0 Å². The molecule has 0 saturated heterocycles. The third kappa shape index (κ3) is 3.65. The van der Waals surface area contributed by atoms with Crippen molar-refractivity contribution >= 4 is 28.9 Å². The Hall–Kier alpha value is -0.580. The van der Waals surface area contributed by atoms with Crippen molar-refractivity contribution in [2.45, 2.75) is 19.4 Å². The van der Waals surface area contributed by atoms with Crippen molar-refractivity contribution in [3.05, 3.63) is 16.4 Å². The quantitative estimate of drug-likeness (QED) is 0.838. The lowest BCUT2D eigenvalue weighted by atomic mass is 10.3. The van der Waals surface area contributed by atoms with Crippen LogP contribution in [-0.2, 0) is 0 Å². The van der Waals surface area contributed by atoms with Gasteiger partial charge in [0.1, 0.15) is 0 Å². The highest BCUT2D eigenvalue weighted by atomic mass is 35.5. The Bertz CT molecular complexity index is 307. The standard InChI is InChI=1S/C8H11Cl2N3O/c1-5(14)2-3-11-6-4-7(9)12-13-8(6)10/h4-5,14H,2-3H2,1H3,(H,11,12). The number of halogens is 2. The van der Waals surface area contributed by atoms with Crippen molar-refractivity contribution in [3.8, 4) is 0 Å². The monoisotopic (exact) mass is 235 g/mol. The molecule has 0 bridgehead atoms. The number of hydrogen-bond donors (Lipinski definition) is 2. The number of aromatic nitrogens is 2. The van der Waals surface area contributed by atoms with E-state index in [9.17, 15) is 0 Å². The molecule has 0 spiro atoms. The molecule has 14 heavy (non-hydrogen) atoms. The van der Waals surface area contributed by atoms with Gasteiger partial charge in [-0.1, -0.05) is 23.2 Å². The fraction of sp³-hybridized carbons (Fsp3) is 0.500. The van der Waals surface area contributed by atoms with E-state index in [4.69, 9.17) is 28.3 Å². The number of nitrogens with one attached hydrogen (secondary N) is 1. The maximum absolute atomic E-state index is 9.03. The van der Waals surface area contributed by atoms with Crippen LogP contribution in [0.15, 0.2) is 6.07 Å². The summed E-state index contributed by atoms with van der Waals surface area (Å²) in [5.74, 6) is 0. The zero-order valence-corrected chi connectivity index (χ0v) is 9.18. The molecule has 1 heterocycles. The molecule has 0 amide bonds. The molecule has 6 heteroatoms. The van der Waals surface area contributed by atoms with Gasteiger partial charge in [-0.25, -0.2) is 0 Å². The van der Waals surface area contributed by atoms with Gasteiger partial charge in [0.05, 0.1) is 11.8 Å². The van der Waals surface area contributed by atoms with Crippen molar-refractivity contribution in [1.82, 2.24) is 10.2 Å². The molecule has 0 aliphatic carbocycles. The number of rotatable bonds is 4. The van der Waals surface area contributed by atoms with Crippen LogP contribution >= 0.6 is 23.2 Å². The SMILES string of the molecule is CC(O)CCNc1cc(Cl)nnc1Cl. The Morgan fingerprint density at radius 2 is 2.21 bits per heavy atom. The van der Waals surface area contributed by atoms with E-state index in [1.165, 1.54) is 0 Å². The van der Waals surface area contributed by atoms with Gasteiger partial charge < -0.3 is 10.4 Å². The Balaban J connectivity index is 2.53. The lowest BCUT2D eigenvalue weighted by molar-refractivity contribution is 0.189. The average molecular weight is 236 g/mol. The van der Waals surface area contributed by atoms with Crippen LogP contribution in [0.25, 0.3) is 0 Å². The van der Waals surface area contributed by atoms with Crippen LogP contribution in [0.4, 0.5) is 5.69 Å². The van der Waals surface area contributed by atoms with Gasteiger partial charge in [0.25, 0.3) is 0 Å². The molecule has 0 aromatic carbocycles. The molecule has 1 unspecified atom stereocenters. The maximum atomic E-state index is 9.03. The van der Waals surface area contributed by atoms with Crippen LogP contribution < -0.4 is 5.32 Å². The number of anilines is 1. The van der Waals surface area contributed by atoms with Crippen molar-refractivity contribution in [3.63, 3.8) is 0 Å². The van der Waals surface area contributed by atoms with Gasteiger partial charge in [0.2, 0.25) is 0 Å². The summed E-state index contributed by atoms with van der Waals surface area (Å²) < 4.78 is 0. The Labute approximate surface area is 92.2 Å². The second kappa shape index (κ2) is 5.34. The maximum Gasteiger partial charge on any atom is 0.174 e. The molecule has 0 saturated carbocycles. The largest absolute Gasteiger partial charge is 0.393 e. The molecule has 0 radical (unpaired) electrons. The van der Waals surface area contributed by atoms with Crippen LogP contribution in [0.3, 0.4) is 0 Å². The molecule has 1 aromatic heterocycles. The summed E-state index contributed by atoms with van der Waals surface area (Å²) in [5, 5.41) is 19.8. The summed E-state index contributed by atoms with van der Waals surface area (Å²) in [6.07, 6.45) is 0.294. The Kier molecular flexibility index (Phi) is 4.38. The Morgan fingerprint density at radius 1 is 1.50 bits per heavy atom. The zero-order valence-electron chi connectivity index (χ0n) is 7.67. The second-order valence-electron chi connectivity index (χ2n) is 2.94. The minimum Gasteiger partial charge on any atom is -0.393 e. The summed E-state index contributed by atoms with van der Waals surface area (Å²) in [5.41, 5.74) is 0.632. The van der Waals surface area contributed by atoms with Crippen LogP contribution in [0.1, 0.15) is 13.3 Å². The molecular formula is C8H11Cl2N3O. The highest BCUT2D eigenvalue weighted by Crippen LogP contribution is 2.20. The zero-order chi connectivity index (χ0) is 10.6. The predicted octanol–water partition coefficient (Wildman–Crippen LogP) is 1.97. The molecule has 4 nitrogen and oxygen atoms in total. The normalized spacial score (nSPS) is 12.6. The highest BCUT2D eigenvalue weighted by molar-refractivity contribution is 6.33. The Morgan fingerprint density at radius 3 is 2.86 bits per heavy atom. The average Bonchev–Trinajstić information content (AvgIpc) is 2.10. The second-order valence-corrected chi connectivity index (χ2v) is 3.68. The molecule has 2 N–H and O–H groups in total. The molecule has 0 fully saturated rings. The fourth-order valence-corrected chi connectivity index (χ4v) is 1.20. The first kappa shape index (κ1) is 11.5. The van der Waals surface area contributed by atoms with Gasteiger partial charge in [-0.15, -0.1) is 10.2 Å². The van der Waals surface area contributed by atoms with Crippen LogP contribution in [0.2, 0.25) is 10.3 Å². The fourth-order valence-electron chi connectivity index (χ4n) is 0.893. The summed E-state index contributed by atoms with van der Waals surface area (Å²) in [6, 6.07) is 1.60. The summed E-state index contributed by atoms with van der Waals surface area (Å²) >= 11 is 11.4. The van der Waals surface area contributed by atoms with E-state index in [1.807, 2.05) is 0 Å². The smallest absolute Gasteiger partial charge is 0.174 e. The first-order valence-corrected chi connectivity index (χ1v) is 4.96. The van der Waals surface area contributed by atoms with Crippen molar-refractivity contribution in [1.29, 1.82) is 0 Å². The summed E-state index contributed by atoms with van der Waals surface area (Å²) in [7, 11) is 0. The van der Waals surface area contributed by atoms with Crippen molar-refractivity contribution < 1.29 is 5.11 Å². The van der Waals surface area contributed by atoms with E-state index in [-0.39, 0.29) is 16.4 Å². The number of aliphatic hydroxyl groups is 1. The first-order valence-electron chi connectivity index (χ1n) is 4.20. The molecule has 78 valence electrons. The summed E-state index contributed by atoms with van der Waals surface area (Å²) in [6.45, 7) is 2.33. The van der Waals surface area contributed by atoms with Crippen LogP contribution in [0, 0.1) is 0 Å². The van der Waals surface area contributed by atoms with Crippen LogP contribution in [0.5, 0.6) is 0 Å². The van der Waals surface area contributed by atoms with Gasteiger partial charge in [0, 0.05) is 12.6 Å². The first-order chi connectivity index (χ1) is 6.59.